The van der Waals surface area contributed by atoms with Crippen LogP contribution in [0.15, 0.2) is 149 Å². The van der Waals surface area contributed by atoms with Gasteiger partial charge >= 0.3 is 6.09 Å². The first-order valence-electron chi connectivity index (χ1n) is 28.0. The average Bonchev–Trinajstić information content (AvgIpc) is 2.84. The molecule has 0 aliphatic carbocycles. The molecule has 85 heavy (non-hydrogen) atoms. The molecule has 21 nitrogen and oxygen atoms in total. The number of carbonyl (C=O) groups excluding carboxylic acids is 4. The van der Waals surface area contributed by atoms with E-state index in [1.165, 1.54) is 22.7 Å². The van der Waals surface area contributed by atoms with Crippen LogP contribution in [-0.4, -0.2) is 117 Å². The second-order valence-corrected chi connectivity index (χ2v) is 24.0. The average molecular weight is 1180 g/mol. The van der Waals surface area contributed by atoms with Crippen LogP contribution in [-0.2, 0) is 14.3 Å². The quantitative estimate of drug-likeness (QED) is 0.0970. The fourth-order valence-electron chi connectivity index (χ4n) is 10.5. The zero-order valence-electron chi connectivity index (χ0n) is 47.2. The number of para-hydroxylation sites is 2. The molecule has 5 aromatic carbocycles. The zero-order chi connectivity index (χ0) is 58.8. The molecule has 2 aliphatic rings. The molecule has 0 bridgehead atoms. The number of nitrogens with one attached hydrogen (secondary N) is 2. The monoisotopic (exact) mass is 1180 g/mol. The van der Waals surface area contributed by atoms with Gasteiger partial charge in [0.2, 0.25) is 33.5 Å². The number of carbonyl (C=O) groups is 4. The van der Waals surface area contributed by atoms with Crippen molar-refractivity contribution in [2.24, 2.45) is 0 Å². The van der Waals surface area contributed by atoms with Crippen LogP contribution in [0.1, 0.15) is 90.0 Å². The van der Waals surface area contributed by atoms with Crippen LogP contribution in [0.2, 0.25) is 0 Å². The second kappa shape index (κ2) is 24.0. The predicted molar refractivity (Wildman–Crippen MR) is 319 cm³/mol. The number of aryl methyl sites for hydroxylation is 2. The molecular formula is C62H60N12O9S2. The maximum atomic E-state index is 14.0. The lowest BCUT2D eigenvalue weighted by Crippen LogP contribution is -2.47. The summed E-state index contributed by atoms with van der Waals surface area (Å²) in [5.41, 5.74) is 4.74. The lowest BCUT2D eigenvalue weighted by atomic mass is 10.0. The van der Waals surface area contributed by atoms with Crippen LogP contribution in [0.3, 0.4) is 0 Å². The predicted octanol–water partition coefficient (Wildman–Crippen LogP) is 11.0. The second-order valence-electron chi connectivity index (χ2n) is 21.6. The van der Waals surface area contributed by atoms with Crippen LogP contribution in [0, 0.1) is 13.8 Å². The van der Waals surface area contributed by atoms with Crippen molar-refractivity contribution in [3.63, 3.8) is 0 Å². The van der Waals surface area contributed by atoms with Crippen molar-refractivity contribution >= 4 is 78.6 Å². The molecule has 23 heteroatoms. The maximum absolute atomic E-state index is 14.0. The molecule has 11 aromatic rings. The summed E-state index contributed by atoms with van der Waals surface area (Å²) in [5, 5.41) is 16.4. The topological polar surface area (TPSA) is 239 Å². The molecule has 0 spiro atoms. The van der Waals surface area contributed by atoms with Gasteiger partial charge in [0, 0.05) is 18.7 Å². The van der Waals surface area contributed by atoms with Crippen molar-refractivity contribution in [2.75, 3.05) is 26.3 Å². The van der Waals surface area contributed by atoms with Gasteiger partial charge in [-0.25, -0.2) is 33.8 Å². The fraction of sp³-hybridized carbons (Fsp3) is 0.290. The van der Waals surface area contributed by atoms with Gasteiger partial charge in [-0.15, -0.1) is 0 Å². The number of hydrogen-bond donors (Lipinski definition) is 2. The van der Waals surface area contributed by atoms with Gasteiger partial charge in [0.1, 0.15) is 63.8 Å². The molecule has 2 saturated heterocycles. The highest BCUT2D eigenvalue weighted by molar-refractivity contribution is 7.16. The van der Waals surface area contributed by atoms with Crippen LogP contribution >= 0.6 is 22.7 Å². The minimum absolute atomic E-state index is 0.160. The first kappa shape index (κ1) is 56.0. The third-order valence-corrected chi connectivity index (χ3v) is 16.1. The lowest BCUT2D eigenvalue weighted by Gasteiger charge is -2.30. The Kier molecular flexibility index (Phi) is 15.8. The summed E-state index contributed by atoms with van der Waals surface area (Å²) in [6, 6.07) is 36.5. The van der Waals surface area contributed by atoms with E-state index in [2.05, 4.69) is 35.8 Å². The van der Waals surface area contributed by atoms with Crippen molar-refractivity contribution in [3.05, 3.63) is 166 Å². The Labute approximate surface area is 495 Å². The molecule has 4 atom stereocenters. The number of hydrogen-bond acceptors (Lipinski definition) is 17. The molecule has 6 aromatic heterocycles. The van der Waals surface area contributed by atoms with Gasteiger partial charge in [-0.1, -0.05) is 114 Å². The molecule has 434 valence electrons. The molecule has 13 rings (SSSR count). The van der Waals surface area contributed by atoms with Crippen molar-refractivity contribution in [3.8, 4) is 34.7 Å². The van der Waals surface area contributed by atoms with E-state index in [4.69, 9.17) is 28.0 Å². The third kappa shape index (κ3) is 12.4. The Morgan fingerprint density at radius 1 is 0.588 bits per heavy atom. The van der Waals surface area contributed by atoms with Crippen molar-refractivity contribution < 1.29 is 42.2 Å². The highest BCUT2D eigenvalue weighted by atomic mass is 32.1. The number of nitrogens with zero attached hydrogens (tertiary/aromatic N) is 10. The minimum atomic E-state index is -0.883. The van der Waals surface area contributed by atoms with Gasteiger partial charge in [0.15, 0.2) is 22.2 Å². The largest absolute Gasteiger partial charge is 0.489 e. The Morgan fingerprint density at radius 3 is 1.48 bits per heavy atom. The molecule has 0 unspecified atom stereocenters. The Bertz CT molecular complexity index is 4130. The summed E-state index contributed by atoms with van der Waals surface area (Å²) in [6.07, 6.45) is 6.18. The third-order valence-electron chi connectivity index (χ3n) is 14.4. The van der Waals surface area contributed by atoms with Crippen LogP contribution in [0.4, 0.5) is 4.79 Å². The van der Waals surface area contributed by atoms with E-state index in [-0.39, 0.29) is 43.0 Å². The number of likely N-dealkylation sites (tertiary alicyclic amines) is 2. The summed E-state index contributed by atoms with van der Waals surface area (Å²) in [5.74, 6) is 1.23. The number of alkyl carbamates (subject to hydrolysis) is 1. The standard InChI is InChI=1S/C32H28N6O4S.C30H32N6O5S/c1-20-36-38-18-24(33-32(38)43-20)30-35-28-25(15-8-16-26(28)42-30)41-19-23-14-9-17-37(23)31(40)27(21-10-4-2-5-11-21)34-29(39)22-12-6-3-7-13-22;1-18-34-36-16-21(31-28(36)42-18)26-32-25-22(13-8-14-23(25)40-26)39-17-20-12-9-15-35(20)27(37)24(19-10-6-5-7-11-19)33-29(38)41-30(2,3)4/h2-8,10-13,15-16,18,23,27H,9,14,17,19H2,1H3,(H,34,39);5-8,10-11,13-14,16,20,24H,9,12,15,17H2,1-4H3,(H,33,38)/t23-,27-;20-,24-/m11/s1. The number of oxazole rings is 2. The normalized spacial score (nSPS) is 15.9. The number of ether oxygens (including phenoxy) is 3. The van der Waals surface area contributed by atoms with E-state index in [1.807, 2.05) is 122 Å². The molecule has 2 fully saturated rings. The molecule has 4 amide bonds. The van der Waals surface area contributed by atoms with E-state index in [1.54, 1.807) is 71.4 Å². The number of aromatic nitrogens is 8. The SMILES string of the molecule is Cc1nn2cc(-c3nc4c(OC[C@H]5CCCN5C(=O)[C@H](NC(=O)OC(C)(C)C)c5ccccc5)cccc4o3)nc2s1.Cc1nn2cc(-c3nc4c(OC[C@H]5CCCN5C(=O)[C@H](NC(=O)c5ccccc5)c5ccccc5)cccc4o3)nc2s1. The van der Waals surface area contributed by atoms with E-state index < -0.39 is 23.8 Å². The molecular weight excluding hydrogens is 1120 g/mol. The molecule has 0 saturated carbocycles. The van der Waals surface area contributed by atoms with E-state index in [0.717, 1.165) is 51.2 Å². The van der Waals surface area contributed by atoms with E-state index in [0.29, 0.717) is 81.1 Å². The first-order chi connectivity index (χ1) is 41.2. The number of amides is 4. The maximum Gasteiger partial charge on any atom is 0.408 e. The van der Waals surface area contributed by atoms with Crippen LogP contribution < -0.4 is 20.1 Å². The molecule has 8 heterocycles. The molecule has 2 aliphatic heterocycles. The summed E-state index contributed by atoms with van der Waals surface area (Å²) in [6.45, 7) is 10.9. The number of rotatable bonds is 15. The van der Waals surface area contributed by atoms with Gasteiger partial charge < -0.3 is 43.5 Å². The van der Waals surface area contributed by atoms with Gasteiger partial charge in [0.25, 0.3) is 5.91 Å². The Morgan fingerprint density at radius 2 is 1.04 bits per heavy atom. The Balaban J connectivity index is 0.000000167. The number of fused-ring (bicyclic) bond motifs is 4. The van der Waals surface area contributed by atoms with Crippen molar-refractivity contribution in [1.82, 2.24) is 59.6 Å². The summed E-state index contributed by atoms with van der Waals surface area (Å²) in [7, 11) is 0. The fourth-order valence-corrected chi connectivity index (χ4v) is 11.9. The first-order valence-corrected chi connectivity index (χ1v) is 29.6. The number of benzene rings is 5. The van der Waals surface area contributed by atoms with Gasteiger partial charge in [0.05, 0.1) is 24.5 Å². The zero-order valence-corrected chi connectivity index (χ0v) is 48.8. The van der Waals surface area contributed by atoms with Crippen LogP contribution in [0.5, 0.6) is 11.5 Å². The molecule has 2 N–H and O–H groups in total. The van der Waals surface area contributed by atoms with Crippen LogP contribution in [0.25, 0.3) is 55.3 Å². The summed E-state index contributed by atoms with van der Waals surface area (Å²) >= 11 is 2.99. The number of imidazole rings is 2. The van der Waals surface area contributed by atoms with Gasteiger partial charge in [-0.3, -0.25) is 14.4 Å². The molecule has 0 radical (unpaired) electrons. The van der Waals surface area contributed by atoms with E-state index >= 15 is 0 Å². The smallest absolute Gasteiger partial charge is 0.408 e. The lowest BCUT2D eigenvalue weighted by molar-refractivity contribution is -0.135. The minimum Gasteiger partial charge on any atom is -0.489 e. The van der Waals surface area contributed by atoms with Crippen molar-refractivity contribution in [1.29, 1.82) is 0 Å². The van der Waals surface area contributed by atoms with Gasteiger partial charge in [-0.05, 0) is 108 Å². The van der Waals surface area contributed by atoms with Crippen molar-refractivity contribution in [2.45, 2.75) is 90.1 Å². The highest BCUT2D eigenvalue weighted by Gasteiger charge is 2.38. The van der Waals surface area contributed by atoms with Gasteiger partial charge in [-0.2, -0.15) is 10.2 Å². The van der Waals surface area contributed by atoms with E-state index in [9.17, 15) is 19.2 Å². The Hall–Kier alpha value is -9.48. The summed E-state index contributed by atoms with van der Waals surface area (Å²) < 4.78 is 33.5. The summed E-state index contributed by atoms with van der Waals surface area (Å²) in [4.78, 5) is 77.3. The highest BCUT2D eigenvalue weighted by Crippen LogP contribution is 2.35.